The van der Waals surface area contributed by atoms with Gasteiger partial charge in [-0.25, -0.2) is 0 Å². The quantitative estimate of drug-likeness (QED) is 0.874. The topological polar surface area (TPSA) is 52.6 Å². The van der Waals surface area contributed by atoms with Gasteiger partial charge in [-0.2, -0.15) is 0 Å². The SMILES string of the molecule is CCNCC1CCN(C(=O)C(O)c2ccccc2)CC1.Cl. The Balaban J connectivity index is 0.00000220. The lowest BCUT2D eigenvalue weighted by Crippen LogP contribution is -2.42. The molecule has 2 N–H and O–H groups in total. The Morgan fingerprint density at radius 2 is 1.95 bits per heavy atom. The molecule has 1 atom stereocenters. The summed E-state index contributed by atoms with van der Waals surface area (Å²) < 4.78 is 0. The van der Waals surface area contributed by atoms with Crippen molar-refractivity contribution in [2.24, 2.45) is 5.92 Å². The lowest BCUT2D eigenvalue weighted by molar-refractivity contribution is -0.142. The second-order valence-corrected chi connectivity index (χ2v) is 5.39. The zero-order chi connectivity index (χ0) is 14.4. The van der Waals surface area contributed by atoms with Gasteiger partial charge in [0, 0.05) is 13.1 Å². The highest BCUT2D eigenvalue weighted by molar-refractivity contribution is 5.85. The summed E-state index contributed by atoms with van der Waals surface area (Å²) in [5.41, 5.74) is 0.673. The molecule has 1 aromatic rings. The second-order valence-electron chi connectivity index (χ2n) is 5.39. The van der Waals surface area contributed by atoms with E-state index >= 15 is 0 Å². The van der Waals surface area contributed by atoms with Crippen LogP contribution in [0.25, 0.3) is 0 Å². The first-order valence-electron chi connectivity index (χ1n) is 7.45. The zero-order valence-electron chi connectivity index (χ0n) is 12.5. The molecule has 1 saturated heterocycles. The molecule has 1 unspecified atom stereocenters. The first-order chi connectivity index (χ1) is 9.72. The fourth-order valence-electron chi connectivity index (χ4n) is 2.66. The van der Waals surface area contributed by atoms with Crippen LogP contribution in [0, 0.1) is 5.92 Å². The van der Waals surface area contributed by atoms with E-state index in [-0.39, 0.29) is 18.3 Å². The molecule has 2 rings (SSSR count). The molecule has 0 bridgehead atoms. The van der Waals surface area contributed by atoms with E-state index in [9.17, 15) is 9.90 Å². The van der Waals surface area contributed by atoms with Gasteiger partial charge in [0.25, 0.3) is 5.91 Å². The van der Waals surface area contributed by atoms with Crippen LogP contribution in [-0.2, 0) is 4.79 Å². The Morgan fingerprint density at radius 3 is 2.52 bits per heavy atom. The van der Waals surface area contributed by atoms with Gasteiger partial charge in [-0.15, -0.1) is 12.4 Å². The third-order valence-corrected chi connectivity index (χ3v) is 3.96. The maximum Gasteiger partial charge on any atom is 0.256 e. The molecule has 1 fully saturated rings. The molecule has 1 heterocycles. The number of rotatable bonds is 5. The second kappa shape index (κ2) is 9.03. The van der Waals surface area contributed by atoms with Crippen LogP contribution in [0.4, 0.5) is 0 Å². The largest absolute Gasteiger partial charge is 0.378 e. The Hall–Kier alpha value is -1.10. The first kappa shape index (κ1) is 18.0. The molecule has 1 aromatic carbocycles. The Bertz CT molecular complexity index is 420. The summed E-state index contributed by atoms with van der Waals surface area (Å²) in [4.78, 5) is 14.1. The van der Waals surface area contributed by atoms with E-state index in [0.29, 0.717) is 11.5 Å². The molecule has 0 aliphatic carbocycles. The molecule has 1 aliphatic rings. The summed E-state index contributed by atoms with van der Waals surface area (Å²) in [6.45, 7) is 5.62. The first-order valence-corrected chi connectivity index (χ1v) is 7.45. The number of aliphatic hydroxyl groups excluding tert-OH is 1. The van der Waals surface area contributed by atoms with Crippen molar-refractivity contribution in [3.8, 4) is 0 Å². The number of hydrogen-bond donors (Lipinski definition) is 2. The van der Waals surface area contributed by atoms with Crippen molar-refractivity contribution in [1.82, 2.24) is 10.2 Å². The summed E-state index contributed by atoms with van der Waals surface area (Å²) in [6, 6.07) is 9.15. The lowest BCUT2D eigenvalue weighted by Gasteiger charge is -2.33. The smallest absolute Gasteiger partial charge is 0.256 e. The van der Waals surface area contributed by atoms with Gasteiger partial charge >= 0.3 is 0 Å². The summed E-state index contributed by atoms with van der Waals surface area (Å²) in [5, 5.41) is 13.5. The Labute approximate surface area is 132 Å². The third-order valence-electron chi connectivity index (χ3n) is 3.96. The molecule has 0 aromatic heterocycles. The van der Waals surface area contributed by atoms with E-state index in [4.69, 9.17) is 0 Å². The number of halogens is 1. The molecule has 21 heavy (non-hydrogen) atoms. The highest BCUT2D eigenvalue weighted by Gasteiger charge is 2.27. The van der Waals surface area contributed by atoms with Gasteiger partial charge in [0.1, 0.15) is 0 Å². The average Bonchev–Trinajstić information content (AvgIpc) is 2.53. The number of hydrogen-bond acceptors (Lipinski definition) is 3. The van der Waals surface area contributed by atoms with E-state index in [2.05, 4.69) is 12.2 Å². The van der Waals surface area contributed by atoms with Crippen LogP contribution in [0.3, 0.4) is 0 Å². The van der Waals surface area contributed by atoms with Gasteiger partial charge < -0.3 is 15.3 Å². The van der Waals surface area contributed by atoms with E-state index in [1.165, 1.54) is 0 Å². The van der Waals surface area contributed by atoms with E-state index in [1.807, 2.05) is 18.2 Å². The lowest BCUT2D eigenvalue weighted by atomic mass is 9.96. The van der Waals surface area contributed by atoms with Gasteiger partial charge in [-0.05, 0) is 37.4 Å². The summed E-state index contributed by atoms with van der Waals surface area (Å²) in [5.74, 6) is 0.478. The number of nitrogens with one attached hydrogen (secondary N) is 1. The molecule has 118 valence electrons. The Morgan fingerprint density at radius 1 is 1.33 bits per heavy atom. The summed E-state index contributed by atoms with van der Waals surface area (Å²) in [6.07, 6.45) is 1.00. The van der Waals surface area contributed by atoms with Crippen molar-refractivity contribution >= 4 is 18.3 Å². The molecular weight excluding hydrogens is 288 g/mol. The number of amides is 1. The standard InChI is InChI=1S/C16H24N2O2.ClH/c1-2-17-12-13-8-10-18(11-9-13)16(20)15(19)14-6-4-3-5-7-14;/h3-7,13,15,17,19H,2,8-12H2,1H3;1H. The maximum atomic E-state index is 12.3. The van der Waals surface area contributed by atoms with Crippen LogP contribution < -0.4 is 5.32 Å². The summed E-state index contributed by atoms with van der Waals surface area (Å²) in [7, 11) is 0. The third kappa shape index (κ3) is 4.99. The van der Waals surface area contributed by atoms with Crippen LogP contribution in [0.5, 0.6) is 0 Å². The van der Waals surface area contributed by atoms with Crippen LogP contribution >= 0.6 is 12.4 Å². The molecule has 1 aliphatic heterocycles. The number of carbonyl (C=O) groups excluding carboxylic acids is 1. The highest BCUT2D eigenvalue weighted by atomic mass is 35.5. The maximum absolute atomic E-state index is 12.3. The molecule has 1 amide bonds. The molecule has 4 nitrogen and oxygen atoms in total. The number of likely N-dealkylation sites (tertiary alicyclic amines) is 1. The van der Waals surface area contributed by atoms with E-state index < -0.39 is 6.10 Å². The highest BCUT2D eigenvalue weighted by Crippen LogP contribution is 2.21. The van der Waals surface area contributed by atoms with Crippen molar-refractivity contribution in [3.05, 3.63) is 35.9 Å². The number of carbonyl (C=O) groups is 1. The van der Waals surface area contributed by atoms with Crippen molar-refractivity contribution in [1.29, 1.82) is 0 Å². The molecule has 0 radical (unpaired) electrons. The van der Waals surface area contributed by atoms with Crippen molar-refractivity contribution in [3.63, 3.8) is 0 Å². The van der Waals surface area contributed by atoms with Crippen molar-refractivity contribution < 1.29 is 9.90 Å². The molecule has 5 heteroatoms. The monoisotopic (exact) mass is 312 g/mol. The van der Waals surface area contributed by atoms with Crippen LogP contribution in [0.2, 0.25) is 0 Å². The minimum Gasteiger partial charge on any atom is -0.378 e. The number of piperidine rings is 1. The van der Waals surface area contributed by atoms with Gasteiger partial charge in [0.15, 0.2) is 6.10 Å². The van der Waals surface area contributed by atoms with E-state index in [1.54, 1.807) is 17.0 Å². The minimum atomic E-state index is -1.03. The van der Waals surface area contributed by atoms with E-state index in [0.717, 1.165) is 39.0 Å². The van der Waals surface area contributed by atoms with Crippen LogP contribution in [0.15, 0.2) is 30.3 Å². The zero-order valence-corrected chi connectivity index (χ0v) is 13.3. The molecule has 0 saturated carbocycles. The molecular formula is C16H25ClN2O2. The summed E-state index contributed by atoms with van der Waals surface area (Å²) >= 11 is 0. The van der Waals surface area contributed by atoms with Gasteiger partial charge in [-0.3, -0.25) is 4.79 Å². The van der Waals surface area contributed by atoms with Gasteiger partial charge in [-0.1, -0.05) is 37.3 Å². The number of aliphatic hydroxyl groups is 1. The van der Waals surface area contributed by atoms with Gasteiger partial charge in [0.05, 0.1) is 0 Å². The average molecular weight is 313 g/mol. The minimum absolute atomic E-state index is 0. The fourth-order valence-corrected chi connectivity index (χ4v) is 2.66. The number of benzene rings is 1. The predicted octanol–water partition coefficient (Wildman–Crippen LogP) is 1.99. The normalized spacial score (nSPS) is 17.1. The van der Waals surface area contributed by atoms with Crippen LogP contribution in [0.1, 0.15) is 31.4 Å². The van der Waals surface area contributed by atoms with Gasteiger partial charge in [0.2, 0.25) is 0 Å². The molecule has 0 spiro atoms. The fraction of sp³-hybridized carbons (Fsp3) is 0.562. The Kier molecular flexibility index (Phi) is 7.72. The van der Waals surface area contributed by atoms with Crippen molar-refractivity contribution in [2.75, 3.05) is 26.2 Å². The number of nitrogens with zero attached hydrogens (tertiary/aromatic N) is 1. The predicted molar refractivity (Wildman–Crippen MR) is 86.5 cm³/mol. The van der Waals surface area contributed by atoms with Crippen molar-refractivity contribution in [2.45, 2.75) is 25.9 Å². The van der Waals surface area contributed by atoms with Crippen LogP contribution in [-0.4, -0.2) is 42.1 Å².